The van der Waals surface area contributed by atoms with Gasteiger partial charge in [0.15, 0.2) is 0 Å². The minimum absolute atomic E-state index is 0.162. The van der Waals surface area contributed by atoms with E-state index in [-0.39, 0.29) is 5.92 Å². The summed E-state index contributed by atoms with van der Waals surface area (Å²) in [6.45, 7) is 0. The largest absolute Gasteiger partial charge is 0.404 e. The summed E-state index contributed by atoms with van der Waals surface area (Å²) in [6, 6.07) is -1.27. The van der Waals surface area contributed by atoms with Crippen molar-refractivity contribution in [1.82, 2.24) is 5.32 Å². The van der Waals surface area contributed by atoms with Crippen LogP contribution in [0, 0.1) is 5.92 Å². The van der Waals surface area contributed by atoms with Crippen molar-refractivity contribution in [2.45, 2.75) is 25.1 Å². The molecule has 1 fully saturated rings. The van der Waals surface area contributed by atoms with Crippen LogP contribution in [0.1, 0.15) is 12.8 Å². The monoisotopic (exact) mass is 153 g/mol. The second kappa shape index (κ2) is 2.42. The molecule has 60 valence electrons. The topological polar surface area (TPSA) is 12.0 Å². The van der Waals surface area contributed by atoms with Gasteiger partial charge < -0.3 is 5.32 Å². The van der Waals surface area contributed by atoms with Gasteiger partial charge in [-0.2, -0.15) is 13.2 Å². The van der Waals surface area contributed by atoms with Crippen molar-refractivity contribution in [3.05, 3.63) is 0 Å². The highest BCUT2D eigenvalue weighted by atomic mass is 19.4. The van der Waals surface area contributed by atoms with Crippen molar-refractivity contribution >= 4 is 0 Å². The van der Waals surface area contributed by atoms with Crippen molar-refractivity contribution < 1.29 is 13.2 Å². The molecule has 1 saturated carbocycles. The molecule has 0 aromatic heterocycles. The van der Waals surface area contributed by atoms with Crippen LogP contribution in [0.3, 0.4) is 0 Å². The fourth-order valence-corrected chi connectivity index (χ4v) is 1.10. The van der Waals surface area contributed by atoms with E-state index in [0.29, 0.717) is 12.8 Å². The second-order valence-corrected chi connectivity index (χ2v) is 2.65. The predicted molar refractivity (Wildman–Crippen MR) is 31.6 cm³/mol. The standard InChI is InChI=1S/C6H10F3N/c1-10-5(4-2-3-4)6(7,8)9/h4-5,10H,2-3H2,1H3. The highest BCUT2D eigenvalue weighted by molar-refractivity contribution is 4.89. The Morgan fingerprint density at radius 1 is 1.40 bits per heavy atom. The third-order valence-corrected chi connectivity index (χ3v) is 1.76. The van der Waals surface area contributed by atoms with E-state index in [4.69, 9.17) is 0 Å². The van der Waals surface area contributed by atoms with Crippen molar-refractivity contribution in [1.29, 1.82) is 0 Å². The van der Waals surface area contributed by atoms with E-state index < -0.39 is 12.2 Å². The maximum atomic E-state index is 11.9. The zero-order valence-corrected chi connectivity index (χ0v) is 5.70. The third-order valence-electron chi connectivity index (χ3n) is 1.76. The first-order chi connectivity index (χ1) is 4.55. The maximum Gasteiger partial charge on any atom is 0.404 e. The predicted octanol–water partition coefficient (Wildman–Crippen LogP) is 1.55. The summed E-state index contributed by atoms with van der Waals surface area (Å²) in [5.74, 6) is -0.162. The van der Waals surface area contributed by atoms with Crippen molar-refractivity contribution in [3.63, 3.8) is 0 Å². The molecule has 0 spiro atoms. The smallest absolute Gasteiger partial charge is 0.309 e. The number of hydrogen-bond acceptors (Lipinski definition) is 1. The SMILES string of the molecule is CNC(C1CC1)C(F)(F)F. The van der Waals surface area contributed by atoms with Gasteiger partial charge in [0.2, 0.25) is 0 Å². The molecule has 1 nitrogen and oxygen atoms in total. The lowest BCUT2D eigenvalue weighted by Gasteiger charge is -2.18. The van der Waals surface area contributed by atoms with Crippen LogP contribution in [-0.4, -0.2) is 19.3 Å². The van der Waals surface area contributed by atoms with Crippen LogP contribution < -0.4 is 5.32 Å². The molecule has 0 aromatic carbocycles. The molecule has 10 heavy (non-hydrogen) atoms. The van der Waals surface area contributed by atoms with Gasteiger partial charge in [-0.15, -0.1) is 0 Å². The Morgan fingerprint density at radius 2 is 1.90 bits per heavy atom. The van der Waals surface area contributed by atoms with Crippen molar-refractivity contribution in [2.75, 3.05) is 7.05 Å². The van der Waals surface area contributed by atoms with Gasteiger partial charge in [-0.3, -0.25) is 0 Å². The summed E-state index contributed by atoms with van der Waals surface area (Å²) < 4.78 is 35.8. The Bertz CT molecular complexity index is 117. The molecule has 0 aromatic rings. The molecule has 1 rings (SSSR count). The van der Waals surface area contributed by atoms with Crippen LogP contribution in [0.5, 0.6) is 0 Å². The summed E-state index contributed by atoms with van der Waals surface area (Å²) >= 11 is 0. The third kappa shape index (κ3) is 1.62. The fourth-order valence-electron chi connectivity index (χ4n) is 1.10. The van der Waals surface area contributed by atoms with Gasteiger partial charge in [-0.1, -0.05) is 0 Å². The summed E-state index contributed by atoms with van der Waals surface area (Å²) in [5.41, 5.74) is 0. The molecule has 1 unspecified atom stereocenters. The van der Waals surface area contributed by atoms with Gasteiger partial charge in [-0.25, -0.2) is 0 Å². The zero-order valence-electron chi connectivity index (χ0n) is 5.70. The van der Waals surface area contributed by atoms with E-state index in [1.165, 1.54) is 7.05 Å². The quantitative estimate of drug-likeness (QED) is 0.634. The average molecular weight is 153 g/mol. The Hall–Kier alpha value is -0.250. The molecule has 4 heteroatoms. The molecule has 0 saturated heterocycles. The highest BCUT2D eigenvalue weighted by Gasteiger charge is 2.47. The van der Waals surface area contributed by atoms with Crippen LogP contribution in [-0.2, 0) is 0 Å². The number of rotatable bonds is 2. The van der Waals surface area contributed by atoms with E-state index in [9.17, 15) is 13.2 Å². The van der Waals surface area contributed by atoms with E-state index >= 15 is 0 Å². The van der Waals surface area contributed by atoms with Crippen molar-refractivity contribution in [3.8, 4) is 0 Å². The molecule has 1 atom stereocenters. The first-order valence-corrected chi connectivity index (χ1v) is 3.29. The van der Waals surface area contributed by atoms with Crippen LogP contribution in [0.4, 0.5) is 13.2 Å². The van der Waals surface area contributed by atoms with Gasteiger partial charge in [0.1, 0.15) is 6.04 Å². The van der Waals surface area contributed by atoms with Crippen molar-refractivity contribution in [2.24, 2.45) is 5.92 Å². The van der Waals surface area contributed by atoms with Gasteiger partial charge in [-0.05, 0) is 25.8 Å². The Labute approximate surface area is 57.6 Å². The van der Waals surface area contributed by atoms with Gasteiger partial charge in [0.25, 0.3) is 0 Å². The minimum Gasteiger partial charge on any atom is -0.309 e. The molecule has 0 heterocycles. The van der Waals surface area contributed by atoms with E-state index in [1.807, 2.05) is 0 Å². The molecule has 0 radical (unpaired) electrons. The van der Waals surface area contributed by atoms with Crippen LogP contribution in [0.15, 0.2) is 0 Å². The molecule has 1 aliphatic rings. The summed E-state index contributed by atoms with van der Waals surface area (Å²) in [7, 11) is 1.36. The molecule has 0 bridgehead atoms. The Morgan fingerprint density at radius 3 is 2.00 bits per heavy atom. The van der Waals surface area contributed by atoms with E-state index in [1.54, 1.807) is 0 Å². The fraction of sp³-hybridized carbons (Fsp3) is 1.00. The van der Waals surface area contributed by atoms with Gasteiger partial charge in [0, 0.05) is 0 Å². The molecule has 0 aliphatic heterocycles. The summed E-state index contributed by atoms with van der Waals surface area (Å²) in [5, 5.41) is 2.28. The summed E-state index contributed by atoms with van der Waals surface area (Å²) in [4.78, 5) is 0. The Kier molecular flexibility index (Phi) is 1.90. The molecule has 1 aliphatic carbocycles. The maximum absolute atomic E-state index is 11.9. The summed E-state index contributed by atoms with van der Waals surface area (Å²) in [6.07, 6.45) is -2.63. The zero-order chi connectivity index (χ0) is 7.78. The highest BCUT2D eigenvalue weighted by Crippen LogP contribution is 2.39. The lowest BCUT2D eigenvalue weighted by Crippen LogP contribution is -2.41. The normalized spacial score (nSPS) is 22.8. The van der Waals surface area contributed by atoms with Crippen LogP contribution >= 0.6 is 0 Å². The lowest BCUT2D eigenvalue weighted by molar-refractivity contribution is -0.159. The number of nitrogens with one attached hydrogen (secondary N) is 1. The second-order valence-electron chi connectivity index (χ2n) is 2.65. The first kappa shape index (κ1) is 7.85. The van der Waals surface area contributed by atoms with E-state index in [2.05, 4.69) is 5.32 Å². The van der Waals surface area contributed by atoms with E-state index in [0.717, 1.165) is 0 Å². The van der Waals surface area contributed by atoms with Crippen LogP contribution in [0.25, 0.3) is 0 Å². The number of alkyl halides is 3. The van der Waals surface area contributed by atoms with Crippen LogP contribution in [0.2, 0.25) is 0 Å². The molecular weight excluding hydrogens is 143 g/mol. The Balaban J connectivity index is 2.46. The lowest BCUT2D eigenvalue weighted by atomic mass is 10.2. The average Bonchev–Trinajstić information content (AvgIpc) is 2.46. The van der Waals surface area contributed by atoms with Gasteiger partial charge >= 0.3 is 6.18 Å². The number of halogens is 3. The first-order valence-electron chi connectivity index (χ1n) is 3.29. The number of hydrogen-bond donors (Lipinski definition) is 1. The minimum atomic E-state index is -4.06. The molecular formula is C6H10F3N. The molecule has 0 amide bonds. The van der Waals surface area contributed by atoms with Gasteiger partial charge in [0.05, 0.1) is 0 Å². The molecule has 1 N–H and O–H groups in total.